The van der Waals surface area contributed by atoms with Gasteiger partial charge in [-0.1, -0.05) is 72.8 Å². The van der Waals surface area contributed by atoms with Crippen molar-refractivity contribution in [1.82, 2.24) is 4.57 Å². The van der Waals surface area contributed by atoms with Gasteiger partial charge in [0.25, 0.3) is 0 Å². The molecule has 4 aromatic rings. The first-order valence-corrected chi connectivity index (χ1v) is 9.91. The summed E-state index contributed by atoms with van der Waals surface area (Å²) in [6.07, 6.45) is 3.95. The van der Waals surface area contributed by atoms with Crippen molar-refractivity contribution in [2.24, 2.45) is 0 Å². The Kier molecular flexibility index (Phi) is 4.28. The molecule has 0 radical (unpaired) electrons. The Balaban J connectivity index is 1.66. The molecule has 3 aromatic carbocycles. The van der Waals surface area contributed by atoms with E-state index in [0.29, 0.717) is 6.54 Å². The number of anilines is 1. The first-order valence-electron chi connectivity index (χ1n) is 9.91. The van der Waals surface area contributed by atoms with Crippen LogP contribution in [0.3, 0.4) is 0 Å². The van der Waals surface area contributed by atoms with E-state index in [0.717, 1.165) is 34.3 Å². The topological polar surface area (TPSA) is 25.2 Å². The van der Waals surface area contributed by atoms with Crippen LogP contribution in [0.1, 0.15) is 22.6 Å². The van der Waals surface area contributed by atoms with Crippen LogP contribution in [0.15, 0.2) is 97.7 Å². The van der Waals surface area contributed by atoms with Crippen molar-refractivity contribution in [2.45, 2.75) is 12.5 Å². The number of aromatic nitrogens is 1. The van der Waals surface area contributed by atoms with Gasteiger partial charge in [0.05, 0.1) is 5.92 Å². The fourth-order valence-corrected chi connectivity index (χ4v) is 4.42. The van der Waals surface area contributed by atoms with Gasteiger partial charge in [-0.3, -0.25) is 4.79 Å². The molecule has 1 atom stereocenters. The average molecular weight is 378 g/mol. The number of carbonyl (C=O) groups excluding carboxylic acids is 1. The number of hydrogen-bond acceptors (Lipinski definition) is 1. The second kappa shape index (κ2) is 7.10. The standard InChI is InChI=1S/C26H22N2O/c1-2-16-28-24-15-9-7-13-21(24)25(26(28)29)22-18-27(17-19-10-4-3-5-11-19)23-14-8-6-12-20(22)23/h2-15,18,25H,1,16-17H2. The predicted molar refractivity (Wildman–Crippen MR) is 118 cm³/mol. The molecular weight excluding hydrogens is 356 g/mol. The number of nitrogens with zero attached hydrogens (tertiary/aromatic N) is 2. The average Bonchev–Trinajstić information content (AvgIpc) is 3.24. The Bertz CT molecular complexity index is 1210. The minimum absolute atomic E-state index is 0.119. The van der Waals surface area contributed by atoms with E-state index in [1.54, 1.807) is 6.08 Å². The molecule has 1 unspecified atom stereocenters. The monoisotopic (exact) mass is 378 g/mol. The number of carbonyl (C=O) groups is 1. The molecule has 0 spiro atoms. The molecule has 5 rings (SSSR count). The summed E-state index contributed by atoms with van der Waals surface area (Å²) in [4.78, 5) is 15.3. The summed E-state index contributed by atoms with van der Waals surface area (Å²) >= 11 is 0. The normalized spacial score (nSPS) is 15.7. The van der Waals surface area contributed by atoms with Gasteiger partial charge in [0, 0.05) is 35.9 Å². The highest BCUT2D eigenvalue weighted by Crippen LogP contribution is 2.43. The molecule has 0 bridgehead atoms. The zero-order chi connectivity index (χ0) is 19.8. The summed E-state index contributed by atoms with van der Waals surface area (Å²) in [5.74, 6) is -0.165. The van der Waals surface area contributed by atoms with Gasteiger partial charge in [-0.05, 0) is 28.8 Å². The number of para-hydroxylation sites is 2. The van der Waals surface area contributed by atoms with E-state index in [4.69, 9.17) is 0 Å². The Labute approximate surface area is 170 Å². The van der Waals surface area contributed by atoms with Crippen LogP contribution in [-0.2, 0) is 11.3 Å². The van der Waals surface area contributed by atoms with Crippen LogP contribution in [0.2, 0.25) is 0 Å². The highest BCUT2D eigenvalue weighted by molar-refractivity contribution is 6.09. The lowest BCUT2D eigenvalue weighted by atomic mass is 9.92. The lowest BCUT2D eigenvalue weighted by Gasteiger charge is -2.15. The molecule has 1 aromatic heterocycles. The van der Waals surface area contributed by atoms with E-state index >= 15 is 0 Å². The summed E-state index contributed by atoms with van der Waals surface area (Å²) in [6.45, 7) is 5.13. The molecule has 142 valence electrons. The van der Waals surface area contributed by atoms with E-state index in [2.05, 4.69) is 65.9 Å². The van der Waals surface area contributed by atoms with E-state index in [1.165, 1.54) is 5.56 Å². The second-order valence-corrected chi connectivity index (χ2v) is 7.44. The molecule has 0 N–H and O–H groups in total. The second-order valence-electron chi connectivity index (χ2n) is 7.44. The Hall–Kier alpha value is -3.59. The minimum Gasteiger partial charge on any atom is -0.343 e. The molecule has 2 heterocycles. The van der Waals surface area contributed by atoms with Crippen LogP contribution in [-0.4, -0.2) is 17.0 Å². The Morgan fingerprint density at radius 3 is 2.41 bits per heavy atom. The van der Waals surface area contributed by atoms with Gasteiger partial charge in [-0.2, -0.15) is 0 Å². The molecule has 3 heteroatoms. The lowest BCUT2D eigenvalue weighted by molar-refractivity contribution is -0.118. The molecule has 1 amide bonds. The highest BCUT2D eigenvalue weighted by Gasteiger charge is 2.38. The number of hydrogen-bond donors (Lipinski definition) is 0. The molecule has 0 fully saturated rings. The van der Waals surface area contributed by atoms with Crippen molar-refractivity contribution in [3.05, 3.63) is 114 Å². The fourth-order valence-electron chi connectivity index (χ4n) is 4.42. The Morgan fingerprint density at radius 2 is 1.59 bits per heavy atom. The van der Waals surface area contributed by atoms with Crippen LogP contribution >= 0.6 is 0 Å². The summed E-state index contributed by atoms with van der Waals surface area (Å²) in [5, 5.41) is 1.14. The molecule has 0 saturated heterocycles. The lowest BCUT2D eigenvalue weighted by Crippen LogP contribution is -2.29. The van der Waals surface area contributed by atoms with Crippen molar-refractivity contribution in [2.75, 3.05) is 11.4 Å². The zero-order valence-corrected chi connectivity index (χ0v) is 16.2. The quantitative estimate of drug-likeness (QED) is 0.430. The maximum atomic E-state index is 13.4. The van der Waals surface area contributed by atoms with Crippen molar-refractivity contribution in [3.8, 4) is 0 Å². The summed E-state index contributed by atoms with van der Waals surface area (Å²) in [7, 11) is 0. The largest absolute Gasteiger partial charge is 0.343 e. The van der Waals surface area contributed by atoms with Gasteiger partial charge < -0.3 is 9.47 Å². The summed E-state index contributed by atoms with van der Waals surface area (Å²) in [5.41, 5.74) is 5.52. The molecule has 3 nitrogen and oxygen atoms in total. The number of rotatable bonds is 5. The van der Waals surface area contributed by atoms with Crippen molar-refractivity contribution >= 4 is 22.5 Å². The van der Waals surface area contributed by atoms with Crippen molar-refractivity contribution in [1.29, 1.82) is 0 Å². The third-order valence-electron chi connectivity index (χ3n) is 5.69. The van der Waals surface area contributed by atoms with E-state index in [1.807, 2.05) is 35.2 Å². The van der Waals surface area contributed by atoms with Gasteiger partial charge in [-0.15, -0.1) is 6.58 Å². The van der Waals surface area contributed by atoms with Crippen LogP contribution in [0.5, 0.6) is 0 Å². The van der Waals surface area contributed by atoms with Gasteiger partial charge in [0.15, 0.2) is 0 Å². The maximum Gasteiger partial charge on any atom is 0.239 e. The van der Waals surface area contributed by atoms with E-state index in [9.17, 15) is 4.79 Å². The van der Waals surface area contributed by atoms with Crippen LogP contribution in [0.4, 0.5) is 5.69 Å². The summed E-state index contributed by atoms with van der Waals surface area (Å²) < 4.78 is 2.26. The molecule has 1 aliphatic rings. The van der Waals surface area contributed by atoms with Crippen LogP contribution in [0.25, 0.3) is 10.9 Å². The fraction of sp³-hybridized carbons (Fsp3) is 0.115. The minimum atomic E-state index is -0.284. The zero-order valence-electron chi connectivity index (χ0n) is 16.2. The molecular formula is C26H22N2O. The van der Waals surface area contributed by atoms with Crippen LogP contribution < -0.4 is 4.90 Å². The van der Waals surface area contributed by atoms with Gasteiger partial charge >= 0.3 is 0 Å². The van der Waals surface area contributed by atoms with E-state index < -0.39 is 0 Å². The summed E-state index contributed by atoms with van der Waals surface area (Å²) in [6, 6.07) is 26.9. The molecule has 29 heavy (non-hydrogen) atoms. The Morgan fingerprint density at radius 1 is 0.862 bits per heavy atom. The number of benzene rings is 3. The van der Waals surface area contributed by atoms with Gasteiger partial charge in [-0.25, -0.2) is 0 Å². The third-order valence-corrected chi connectivity index (χ3v) is 5.69. The molecule has 1 aliphatic heterocycles. The van der Waals surface area contributed by atoms with E-state index in [-0.39, 0.29) is 11.8 Å². The van der Waals surface area contributed by atoms with Crippen molar-refractivity contribution in [3.63, 3.8) is 0 Å². The molecule has 0 saturated carbocycles. The third kappa shape index (κ3) is 2.87. The smallest absolute Gasteiger partial charge is 0.239 e. The molecule has 0 aliphatic carbocycles. The van der Waals surface area contributed by atoms with Crippen LogP contribution in [0, 0.1) is 0 Å². The first kappa shape index (κ1) is 17.5. The SMILES string of the molecule is C=CCN1C(=O)C(c2cn(Cc3ccccc3)c3ccccc23)c2ccccc21. The van der Waals surface area contributed by atoms with Crippen molar-refractivity contribution < 1.29 is 4.79 Å². The van der Waals surface area contributed by atoms with Gasteiger partial charge in [0.2, 0.25) is 5.91 Å². The number of fused-ring (bicyclic) bond motifs is 2. The highest BCUT2D eigenvalue weighted by atomic mass is 16.2. The maximum absolute atomic E-state index is 13.4. The predicted octanol–water partition coefficient (Wildman–Crippen LogP) is 5.35. The first-order chi connectivity index (χ1) is 14.3. The number of amides is 1. The van der Waals surface area contributed by atoms with Gasteiger partial charge in [0.1, 0.15) is 0 Å².